The van der Waals surface area contributed by atoms with Gasteiger partial charge in [0, 0.05) is 55.2 Å². The van der Waals surface area contributed by atoms with Crippen LogP contribution in [-0.4, -0.2) is 110 Å². The number of hydrogen-bond donors (Lipinski definition) is 3. The summed E-state index contributed by atoms with van der Waals surface area (Å²) in [5.41, 5.74) is 0. The second-order valence-corrected chi connectivity index (χ2v) is 11.0. The highest BCUT2D eigenvalue weighted by Crippen LogP contribution is 2.08. The van der Waals surface area contributed by atoms with Gasteiger partial charge in [-0.1, -0.05) is 20.8 Å². The Bertz CT molecular complexity index is 344. The first-order valence-electron chi connectivity index (χ1n) is 11.3. The molecule has 1 heterocycles. The predicted molar refractivity (Wildman–Crippen MR) is 136 cm³/mol. The van der Waals surface area contributed by atoms with Crippen molar-refractivity contribution in [2.75, 3.05) is 79.3 Å². The van der Waals surface area contributed by atoms with Gasteiger partial charge in [0.2, 0.25) is 0 Å². The largest absolute Gasteiger partial charge is 0.380 e. The first-order valence-corrected chi connectivity index (χ1v) is 12.9. The SMILES string of the molecule is CC(S)CCOCCN1CN(CCOCCC(C)S)CN(CCOCCC(C)S)C1. The summed E-state index contributed by atoms with van der Waals surface area (Å²) in [4.78, 5) is 7.33. The zero-order valence-electron chi connectivity index (χ0n) is 19.2. The summed E-state index contributed by atoms with van der Waals surface area (Å²) in [6, 6.07) is 0. The molecule has 3 atom stereocenters. The third-order valence-corrected chi connectivity index (χ3v) is 5.67. The van der Waals surface area contributed by atoms with Gasteiger partial charge in [-0.15, -0.1) is 0 Å². The maximum absolute atomic E-state index is 5.80. The number of hydrogen-bond acceptors (Lipinski definition) is 9. The molecular formula is C21H45N3O3S3. The van der Waals surface area contributed by atoms with E-state index in [2.05, 4.69) is 73.4 Å². The maximum Gasteiger partial charge on any atom is 0.0594 e. The average Bonchev–Trinajstić information content (AvgIpc) is 2.66. The molecule has 0 aromatic carbocycles. The third-order valence-electron chi connectivity index (χ3n) is 4.90. The van der Waals surface area contributed by atoms with Gasteiger partial charge in [-0.25, -0.2) is 0 Å². The van der Waals surface area contributed by atoms with Crippen molar-refractivity contribution in [2.45, 2.75) is 55.8 Å². The minimum Gasteiger partial charge on any atom is -0.380 e. The highest BCUT2D eigenvalue weighted by Gasteiger charge is 2.22. The minimum absolute atomic E-state index is 0.391. The lowest BCUT2D eigenvalue weighted by Gasteiger charge is -2.42. The first kappa shape index (κ1) is 28.8. The highest BCUT2D eigenvalue weighted by atomic mass is 32.1. The van der Waals surface area contributed by atoms with Gasteiger partial charge >= 0.3 is 0 Å². The minimum atomic E-state index is 0.391. The molecule has 180 valence electrons. The van der Waals surface area contributed by atoms with E-state index in [1.807, 2.05) is 0 Å². The molecule has 0 saturated carbocycles. The van der Waals surface area contributed by atoms with Crippen LogP contribution in [0.2, 0.25) is 0 Å². The van der Waals surface area contributed by atoms with Gasteiger partial charge in [-0.3, -0.25) is 14.7 Å². The van der Waals surface area contributed by atoms with Crippen LogP contribution in [0.3, 0.4) is 0 Å². The number of rotatable bonds is 18. The van der Waals surface area contributed by atoms with Crippen molar-refractivity contribution >= 4 is 37.9 Å². The zero-order chi connectivity index (χ0) is 22.2. The third kappa shape index (κ3) is 16.4. The molecule has 1 saturated heterocycles. The quantitative estimate of drug-likeness (QED) is 0.206. The summed E-state index contributed by atoms with van der Waals surface area (Å²) in [5.74, 6) is 0. The number of nitrogens with zero attached hydrogens (tertiary/aromatic N) is 3. The summed E-state index contributed by atoms with van der Waals surface area (Å²) in [6.45, 7) is 16.6. The van der Waals surface area contributed by atoms with E-state index in [1.54, 1.807) is 0 Å². The van der Waals surface area contributed by atoms with Crippen molar-refractivity contribution in [3.05, 3.63) is 0 Å². The molecule has 0 spiro atoms. The van der Waals surface area contributed by atoms with E-state index in [-0.39, 0.29) is 0 Å². The lowest BCUT2D eigenvalue weighted by atomic mass is 10.3. The number of ether oxygens (including phenoxy) is 3. The Morgan fingerprint density at radius 3 is 1.03 bits per heavy atom. The Balaban J connectivity index is 2.34. The van der Waals surface area contributed by atoms with Gasteiger partial charge in [0.15, 0.2) is 0 Å². The van der Waals surface area contributed by atoms with Crippen molar-refractivity contribution < 1.29 is 14.2 Å². The molecule has 9 heteroatoms. The van der Waals surface area contributed by atoms with E-state index >= 15 is 0 Å². The molecule has 30 heavy (non-hydrogen) atoms. The monoisotopic (exact) mass is 483 g/mol. The van der Waals surface area contributed by atoms with Crippen LogP contribution in [0.25, 0.3) is 0 Å². The Labute approximate surface area is 201 Å². The fraction of sp³-hybridized carbons (Fsp3) is 1.00. The standard InChI is InChI=1S/C21H45N3O3S3/c1-19(28)4-10-25-13-7-22-16-23(8-14-26-11-5-20(2)29)18-24(17-22)9-15-27-12-6-21(3)30/h19-21,28-30H,4-18H2,1-3H3. The van der Waals surface area contributed by atoms with Gasteiger partial charge in [0.1, 0.15) is 0 Å². The molecule has 0 radical (unpaired) electrons. The van der Waals surface area contributed by atoms with E-state index in [9.17, 15) is 0 Å². The second-order valence-electron chi connectivity index (χ2n) is 8.36. The maximum atomic E-state index is 5.80. The smallest absolute Gasteiger partial charge is 0.0594 e. The van der Waals surface area contributed by atoms with E-state index in [1.165, 1.54) is 0 Å². The molecule has 0 aromatic heterocycles. The Hall–Kier alpha value is 0.810. The first-order chi connectivity index (χ1) is 14.4. The molecule has 3 unspecified atom stereocenters. The topological polar surface area (TPSA) is 37.4 Å². The normalized spacial score (nSPS) is 19.8. The van der Waals surface area contributed by atoms with Crippen LogP contribution in [0.5, 0.6) is 0 Å². The summed E-state index contributed by atoms with van der Waals surface area (Å²) in [6.07, 6.45) is 2.98. The molecule has 6 nitrogen and oxygen atoms in total. The van der Waals surface area contributed by atoms with E-state index < -0.39 is 0 Å². The van der Waals surface area contributed by atoms with Gasteiger partial charge in [0.25, 0.3) is 0 Å². The summed E-state index contributed by atoms with van der Waals surface area (Å²) < 4.78 is 17.4. The summed E-state index contributed by atoms with van der Waals surface area (Å²) in [7, 11) is 0. The molecular weight excluding hydrogens is 438 g/mol. The van der Waals surface area contributed by atoms with Crippen LogP contribution >= 0.6 is 37.9 Å². The van der Waals surface area contributed by atoms with Crippen molar-refractivity contribution in [2.24, 2.45) is 0 Å². The molecule has 1 rings (SSSR count). The van der Waals surface area contributed by atoms with Crippen molar-refractivity contribution in [1.82, 2.24) is 14.7 Å². The Morgan fingerprint density at radius 1 is 0.533 bits per heavy atom. The molecule has 0 N–H and O–H groups in total. The second kappa shape index (κ2) is 18.3. The van der Waals surface area contributed by atoms with Gasteiger partial charge in [0.05, 0.1) is 39.8 Å². The average molecular weight is 484 g/mol. The molecule has 0 bridgehead atoms. The lowest BCUT2D eigenvalue weighted by molar-refractivity contribution is -0.0574. The lowest BCUT2D eigenvalue weighted by Crippen LogP contribution is -2.56. The Morgan fingerprint density at radius 2 is 0.800 bits per heavy atom. The molecule has 1 aliphatic heterocycles. The van der Waals surface area contributed by atoms with Gasteiger partial charge in [-0.2, -0.15) is 37.9 Å². The van der Waals surface area contributed by atoms with Crippen LogP contribution in [0.1, 0.15) is 40.0 Å². The summed E-state index contributed by atoms with van der Waals surface area (Å²) >= 11 is 13.2. The van der Waals surface area contributed by atoms with E-state index in [0.29, 0.717) is 15.7 Å². The molecule has 0 aliphatic carbocycles. The van der Waals surface area contributed by atoms with Crippen LogP contribution < -0.4 is 0 Å². The van der Waals surface area contributed by atoms with Gasteiger partial charge in [-0.05, 0) is 19.3 Å². The Kier molecular flexibility index (Phi) is 17.6. The zero-order valence-corrected chi connectivity index (χ0v) is 21.9. The summed E-state index contributed by atoms with van der Waals surface area (Å²) in [5, 5.41) is 1.17. The number of thiol groups is 3. The van der Waals surface area contributed by atoms with Crippen molar-refractivity contribution in [1.29, 1.82) is 0 Å². The highest BCUT2D eigenvalue weighted by molar-refractivity contribution is 7.81. The van der Waals surface area contributed by atoms with Crippen molar-refractivity contribution in [3.63, 3.8) is 0 Å². The van der Waals surface area contributed by atoms with Crippen LogP contribution in [0.4, 0.5) is 0 Å². The predicted octanol–water partition coefficient (Wildman–Crippen LogP) is 2.95. The van der Waals surface area contributed by atoms with Crippen LogP contribution in [0, 0.1) is 0 Å². The van der Waals surface area contributed by atoms with E-state index in [0.717, 1.165) is 98.5 Å². The van der Waals surface area contributed by atoms with Crippen LogP contribution in [0.15, 0.2) is 0 Å². The molecule has 0 aromatic rings. The van der Waals surface area contributed by atoms with Crippen LogP contribution in [-0.2, 0) is 14.2 Å². The van der Waals surface area contributed by atoms with Crippen molar-refractivity contribution in [3.8, 4) is 0 Å². The fourth-order valence-corrected chi connectivity index (χ4v) is 3.37. The van der Waals surface area contributed by atoms with Gasteiger partial charge < -0.3 is 14.2 Å². The fourth-order valence-electron chi connectivity index (χ4n) is 3.06. The molecule has 1 fully saturated rings. The molecule has 0 amide bonds. The molecule has 1 aliphatic rings. The van der Waals surface area contributed by atoms with E-state index in [4.69, 9.17) is 14.2 Å².